The largest absolute Gasteiger partial charge is 0.0625 e. The van der Waals surface area contributed by atoms with Crippen molar-refractivity contribution < 1.29 is 0 Å². The third-order valence-corrected chi connectivity index (χ3v) is 4.77. The van der Waals surface area contributed by atoms with Crippen molar-refractivity contribution in [1.82, 2.24) is 0 Å². The highest BCUT2D eigenvalue weighted by molar-refractivity contribution is 4.95. The van der Waals surface area contributed by atoms with E-state index in [0.717, 1.165) is 35.5 Å². The van der Waals surface area contributed by atoms with E-state index in [0.29, 0.717) is 0 Å². The molecule has 5 atom stereocenters. The lowest BCUT2D eigenvalue weighted by molar-refractivity contribution is 0.260. The van der Waals surface area contributed by atoms with Crippen LogP contribution in [0.1, 0.15) is 47.0 Å². The van der Waals surface area contributed by atoms with Crippen molar-refractivity contribution in [2.45, 2.75) is 47.0 Å². The van der Waals surface area contributed by atoms with Crippen LogP contribution in [0.15, 0.2) is 0 Å². The molecule has 0 aromatic carbocycles. The van der Waals surface area contributed by atoms with E-state index in [2.05, 4.69) is 27.7 Å². The topological polar surface area (TPSA) is 0 Å². The van der Waals surface area contributed by atoms with E-state index in [1.165, 1.54) is 19.3 Å². The lowest BCUT2D eigenvalue weighted by atomic mass is 9.82. The maximum atomic E-state index is 2.51. The molecule has 0 radical (unpaired) electrons. The summed E-state index contributed by atoms with van der Waals surface area (Å²) in [6, 6.07) is 0. The zero-order valence-corrected chi connectivity index (χ0v) is 9.59. The second kappa shape index (κ2) is 3.29. The number of rotatable bonds is 1. The third kappa shape index (κ3) is 1.53. The minimum Gasteiger partial charge on any atom is -0.0625 e. The molecule has 0 aromatic rings. The van der Waals surface area contributed by atoms with Crippen LogP contribution < -0.4 is 0 Å². The van der Waals surface area contributed by atoms with E-state index in [1.54, 1.807) is 0 Å². The fourth-order valence-corrected chi connectivity index (χ4v) is 4.12. The van der Waals surface area contributed by atoms with Gasteiger partial charge in [0.05, 0.1) is 0 Å². The SMILES string of the molecule is CC1CC2CC(C(C)C)C(C)C2C1. The summed E-state index contributed by atoms with van der Waals surface area (Å²) in [4.78, 5) is 0. The molecule has 0 heterocycles. The first-order valence-electron chi connectivity index (χ1n) is 6.09. The summed E-state index contributed by atoms with van der Waals surface area (Å²) in [5, 5.41) is 0. The number of hydrogen-bond donors (Lipinski definition) is 0. The average molecular weight is 180 g/mol. The fraction of sp³-hybridized carbons (Fsp3) is 1.00. The highest BCUT2D eigenvalue weighted by Crippen LogP contribution is 2.54. The molecule has 13 heavy (non-hydrogen) atoms. The molecule has 0 amide bonds. The minimum absolute atomic E-state index is 0.913. The first-order valence-corrected chi connectivity index (χ1v) is 6.09. The molecule has 0 bridgehead atoms. The van der Waals surface area contributed by atoms with Crippen LogP contribution in [0.3, 0.4) is 0 Å². The van der Waals surface area contributed by atoms with Crippen molar-refractivity contribution in [2.24, 2.45) is 35.5 Å². The van der Waals surface area contributed by atoms with Crippen LogP contribution in [0, 0.1) is 35.5 Å². The van der Waals surface area contributed by atoms with Crippen molar-refractivity contribution in [3.63, 3.8) is 0 Å². The zero-order valence-electron chi connectivity index (χ0n) is 9.59. The van der Waals surface area contributed by atoms with Gasteiger partial charge in [0, 0.05) is 0 Å². The van der Waals surface area contributed by atoms with E-state index >= 15 is 0 Å². The molecule has 2 fully saturated rings. The summed E-state index contributed by atoms with van der Waals surface area (Å²) in [6.07, 6.45) is 4.58. The van der Waals surface area contributed by atoms with E-state index < -0.39 is 0 Å². The van der Waals surface area contributed by atoms with Gasteiger partial charge in [0.2, 0.25) is 0 Å². The van der Waals surface area contributed by atoms with Gasteiger partial charge in [-0.05, 0) is 54.8 Å². The predicted octanol–water partition coefficient (Wildman–Crippen LogP) is 3.96. The van der Waals surface area contributed by atoms with E-state index in [4.69, 9.17) is 0 Å². The van der Waals surface area contributed by atoms with Gasteiger partial charge in [-0.25, -0.2) is 0 Å². The van der Waals surface area contributed by atoms with Crippen molar-refractivity contribution in [1.29, 1.82) is 0 Å². The van der Waals surface area contributed by atoms with Gasteiger partial charge in [-0.3, -0.25) is 0 Å². The summed E-state index contributed by atoms with van der Waals surface area (Å²) in [6.45, 7) is 9.76. The van der Waals surface area contributed by atoms with Crippen molar-refractivity contribution in [3.8, 4) is 0 Å². The first-order chi connectivity index (χ1) is 6.09. The molecule has 2 aliphatic rings. The molecule has 0 nitrogen and oxygen atoms in total. The van der Waals surface area contributed by atoms with Gasteiger partial charge >= 0.3 is 0 Å². The lowest BCUT2D eigenvalue weighted by Gasteiger charge is -2.23. The highest BCUT2D eigenvalue weighted by atomic mass is 14.5. The minimum atomic E-state index is 0.913. The van der Waals surface area contributed by atoms with Gasteiger partial charge in [-0.2, -0.15) is 0 Å². The average Bonchev–Trinajstić information content (AvgIpc) is 2.51. The van der Waals surface area contributed by atoms with Crippen LogP contribution in [-0.4, -0.2) is 0 Å². The summed E-state index contributed by atoms with van der Waals surface area (Å²) < 4.78 is 0. The molecule has 2 rings (SSSR count). The monoisotopic (exact) mass is 180 g/mol. The Balaban J connectivity index is 2.04. The standard InChI is InChI=1S/C13H24/c1-8(2)12-7-11-5-9(3)6-13(11)10(12)4/h8-13H,5-7H2,1-4H3. The fourth-order valence-electron chi connectivity index (χ4n) is 4.12. The Morgan fingerprint density at radius 1 is 1.00 bits per heavy atom. The Hall–Kier alpha value is 0. The Bertz CT molecular complexity index is 182. The van der Waals surface area contributed by atoms with Gasteiger partial charge < -0.3 is 0 Å². The van der Waals surface area contributed by atoms with E-state index in [-0.39, 0.29) is 0 Å². The van der Waals surface area contributed by atoms with E-state index in [9.17, 15) is 0 Å². The van der Waals surface area contributed by atoms with Crippen molar-refractivity contribution in [3.05, 3.63) is 0 Å². The normalized spacial score (nSPS) is 50.1. The van der Waals surface area contributed by atoms with Crippen molar-refractivity contribution in [2.75, 3.05) is 0 Å². The molecule has 0 aromatic heterocycles. The maximum Gasteiger partial charge on any atom is -0.0355 e. The second-order valence-electron chi connectivity index (χ2n) is 6.00. The molecule has 76 valence electrons. The highest BCUT2D eigenvalue weighted by Gasteiger charge is 2.45. The maximum absolute atomic E-state index is 2.51. The van der Waals surface area contributed by atoms with Crippen molar-refractivity contribution >= 4 is 0 Å². The summed E-state index contributed by atoms with van der Waals surface area (Å²) in [5.74, 6) is 6.15. The van der Waals surface area contributed by atoms with Gasteiger partial charge in [0.25, 0.3) is 0 Å². The molecule has 2 saturated carbocycles. The molecular formula is C13H24. The van der Waals surface area contributed by atoms with Crippen LogP contribution in [0.25, 0.3) is 0 Å². The zero-order chi connectivity index (χ0) is 9.59. The molecule has 5 unspecified atom stereocenters. The second-order valence-corrected chi connectivity index (χ2v) is 6.00. The van der Waals surface area contributed by atoms with Crippen LogP contribution >= 0.6 is 0 Å². The van der Waals surface area contributed by atoms with Gasteiger partial charge in [0.15, 0.2) is 0 Å². The molecular weight excluding hydrogens is 156 g/mol. The van der Waals surface area contributed by atoms with Gasteiger partial charge in [-0.1, -0.05) is 27.7 Å². The van der Waals surface area contributed by atoms with Crippen LogP contribution in [0.4, 0.5) is 0 Å². The van der Waals surface area contributed by atoms with Gasteiger partial charge in [0.1, 0.15) is 0 Å². The summed E-state index contributed by atoms with van der Waals surface area (Å²) in [7, 11) is 0. The molecule has 0 spiro atoms. The predicted molar refractivity (Wildman–Crippen MR) is 57.5 cm³/mol. The third-order valence-electron chi connectivity index (χ3n) is 4.77. The molecule has 2 aliphatic carbocycles. The first kappa shape index (κ1) is 9.55. The van der Waals surface area contributed by atoms with Crippen LogP contribution in [-0.2, 0) is 0 Å². The molecule has 0 saturated heterocycles. The Labute approximate surface area is 83.1 Å². The quantitative estimate of drug-likeness (QED) is 0.573. The molecule has 0 N–H and O–H groups in total. The Kier molecular flexibility index (Phi) is 2.42. The Morgan fingerprint density at radius 3 is 2.23 bits per heavy atom. The van der Waals surface area contributed by atoms with Gasteiger partial charge in [-0.15, -0.1) is 0 Å². The summed E-state index contributed by atoms with van der Waals surface area (Å²) >= 11 is 0. The number of fused-ring (bicyclic) bond motifs is 1. The number of hydrogen-bond acceptors (Lipinski definition) is 0. The van der Waals surface area contributed by atoms with E-state index in [1.807, 2.05) is 0 Å². The van der Waals surface area contributed by atoms with Crippen LogP contribution in [0.5, 0.6) is 0 Å². The molecule has 0 heteroatoms. The summed E-state index contributed by atoms with van der Waals surface area (Å²) in [5.41, 5.74) is 0. The molecule has 0 aliphatic heterocycles. The lowest BCUT2D eigenvalue weighted by Crippen LogP contribution is -2.16. The smallest absolute Gasteiger partial charge is 0.0355 e. The Morgan fingerprint density at radius 2 is 1.69 bits per heavy atom. The van der Waals surface area contributed by atoms with Crippen LogP contribution in [0.2, 0.25) is 0 Å².